The predicted octanol–water partition coefficient (Wildman–Crippen LogP) is 7.04. The third-order valence-electron chi connectivity index (χ3n) is 8.64. The number of fused-ring (bicyclic) bond motifs is 3. The lowest BCUT2D eigenvalue weighted by atomic mass is 10.0. The first-order chi connectivity index (χ1) is 19.9. The van der Waals surface area contributed by atoms with Crippen LogP contribution in [0.4, 0.5) is 9.52 Å². The summed E-state index contributed by atoms with van der Waals surface area (Å²) in [5.74, 6) is 0.562. The fourth-order valence-corrected chi connectivity index (χ4v) is 7.63. The van der Waals surface area contributed by atoms with Crippen molar-refractivity contribution < 1.29 is 28.3 Å². The zero-order valence-corrected chi connectivity index (χ0v) is 23.6. The number of rotatable bonds is 9. The Morgan fingerprint density at radius 2 is 2.07 bits per heavy atom. The number of carbonyl (C=O) groups is 1. The Morgan fingerprint density at radius 1 is 1.22 bits per heavy atom. The average Bonchev–Trinajstić information content (AvgIpc) is 3.77. The van der Waals surface area contributed by atoms with Gasteiger partial charge in [0.25, 0.3) is 0 Å². The first-order valence-electron chi connectivity index (χ1n) is 14.1. The van der Waals surface area contributed by atoms with Crippen LogP contribution in [0.5, 0.6) is 5.75 Å². The van der Waals surface area contributed by atoms with Crippen LogP contribution in [-0.4, -0.2) is 46.0 Å². The number of hydrogen-bond donors (Lipinski definition) is 1. The third kappa shape index (κ3) is 4.56. The third-order valence-corrected chi connectivity index (χ3v) is 10.00. The lowest BCUT2D eigenvalue weighted by molar-refractivity contribution is 0.0122. The molecule has 4 aromatic rings. The van der Waals surface area contributed by atoms with Gasteiger partial charge >= 0.3 is 5.97 Å². The van der Waals surface area contributed by atoms with E-state index in [1.807, 2.05) is 0 Å². The summed E-state index contributed by atoms with van der Waals surface area (Å²) in [7, 11) is 0. The number of anilines is 1. The van der Waals surface area contributed by atoms with E-state index in [9.17, 15) is 14.3 Å². The number of carboxylic acids is 1. The predicted molar refractivity (Wildman–Crippen MR) is 152 cm³/mol. The maximum Gasteiger partial charge on any atom is 0.335 e. The van der Waals surface area contributed by atoms with Gasteiger partial charge in [-0.15, -0.1) is 0 Å². The van der Waals surface area contributed by atoms with Crippen molar-refractivity contribution in [2.45, 2.75) is 69.3 Å². The van der Waals surface area contributed by atoms with Crippen molar-refractivity contribution >= 4 is 44.3 Å². The van der Waals surface area contributed by atoms with Gasteiger partial charge in [-0.2, -0.15) is 0 Å². The number of aromatic nitrogens is 2. The van der Waals surface area contributed by atoms with Crippen molar-refractivity contribution in [2.24, 2.45) is 5.92 Å². The summed E-state index contributed by atoms with van der Waals surface area (Å²) < 4.78 is 33.9. The molecule has 212 valence electrons. The van der Waals surface area contributed by atoms with Crippen molar-refractivity contribution in [1.29, 1.82) is 0 Å². The molecule has 3 heterocycles. The van der Waals surface area contributed by atoms with Crippen LogP contribution in [0.2, 0.25) is 5.02 Å². The van der Waals surface area contributed by atoms with Crippen LogP contribution in [0, 0.1) is 11.7 Å². The molecule has 3 saturated carbocycles. The minimum absolute atomic E-state index is 0.0592. The van der Waals surface area contributed by atoms with E-state index in [4.69, 9.17) is 30.6 Å². The van der Waals surface area contributed by atoms with E-state index in [1.54, 1.807) is 24.3 Å². The summed E-state index contributed by atoms with van der Waals surface area (Å²) in [5, 5.41) is 15.0. The normalized spacial score (nSPS) is 23.6. The lowest BCUT2D eigenvalue weighted by Crippen LogP contribution is -2.38. The maximum absolute atomic E-state index is 14.8. The van der Waals surface area contributed by atoms with Crippen molar-refractivity contribution in [1.82, 2.24) is 10.1 Å². The minimum atomic E-state index is -0.971. The van der Waals surface area contributed by atoms with Crippen LogP contribution in [0.3, 0.4) is 0 Å². The Labute approximate surface area is 244 Å². The highest BCUT2D eigenvalue weighted by atomic mass is 35.5. The SMILES string of the molecule is O=C(O)c1cc(OC2CC2)c2nc(N3C[C@@H]4C[C@H]3C[C@H]4OCc3c(-c4c(F)cccc4Cl)noc3C3CC3)sc2c1. The molecular weight excluding hydrogens is 569 g/mol. The van der Waals surface area contributed by atoms with Gasteiger partial charge in [-0.05, 0) is 62.8 Å². The molecule has 2 aromatic heterocycles. The van der Waals surface area contributed by atoms with Gasteiger partial charge in [0.15, 0.2) is 5.13 Å². The van der Waals surface area contributed by atoms with E-state index in [0.717, 1.165) is 71.7 Å². The number of benzene rings is 2. The quantitative estimate of drug-likeness (QED) is 0.220. The highest BCUT2D eigenvalue weighted by Crippen LogP contribution is 2.48. The molecule has 2 aromatic carbocycles. The summed E-state index contributed by atoms with van der Waals surface area (Å²) >= 11 is 7.89. The summed E-state index contributed by atoms with van der Waals surface area (Å²) in [6.45, 7) is 1.11. The van der Waals surface area contributed by atoms with E-state index >= 15 is 0 Å². The van der Waals surface area contributed by atoms with Crippen LogP contribution >= 0.6 is 22.9 Å². The molecule has 1 saturated heterocycles. The number of piperidine rings is 1. The summed E-state index contributed by atoms with van der Waals surface area (Å²) in [4.78, 5) is 19.0. The van der Waals surface area contributed by atoms with Gasteiger partial charge in [0.1, 0.15) is 28.5 Å². The van der Waals surface area contributed by atoms with Gasteiger partial charge in [-0.25, -0.2) is 14.2 Å². The van der Waals surface area contributed by atoms with Crippen molar-refractivity contribution in [3.8, 4) is 17.0 Å². The number of nitrogens with zero attached hydrogens (tertiary/aromatic N) is 3. The number of carboxylic acid groups (broad SMARTS) is 1. The van der Waals surface area contributed by atoms with Crippen LogP contribution in [-0.2, 0) is 11.3 Å². The van der Waals surface area contributed by atoms with Gasteiger partial charge in [0.2, 0.25) is 0 Å². The fraction of sp³-hybridized carbons (Fsp3) is 0.433. The molecule has 3 aliphatic carbocycles. The second-order valence-electron chi connectivity index (χ2n) is 11.6. The Hall–Kier alpha value is -3.21. The lowest BCUT2D eigenvalue weighted by Gasteiger charge is -2.31. The molecule has 4 fully saturated rings. The topological polar surface area (TPSA) is 97.9 Å². The van der Waals surface area contributed by atoms with E-state index < -0.39 is 11.8 Å². The molecule has 8 nitrogen and oxygen atoms in total. The molecule has 1 N–H and O–H groups in total. The van der Waals surface area contributed by atoms with Gasteiger partial charge in [-0.1, -0.05) is 34.2 Å². The molecule has 3 atom stereocenters. The molecule has 4 aliphatic rings. The smallest absolute Gasteiger partial charge is 0.335 e. The molecule has 0 amide bonds. The second-order valence-corrected chi connectivity index (χ2v) is 13.0. The summed E-state index contributed by atoms with van der Waals surface area (Å²) in [5.41, 5.74) is 2.43. The number of halogens is 2. The van der Waals surface area contributed by atoms with Crippen molar-refractivity contribution in [3.05, 3.63) is 58.1 Å². The maximum atomic E-state index is 14.8. The molecule has 2 bridgehead atoms. The zero-order chi connectivity index (χ0) is 27.8. The fourth-order valence-electron chi connectivity index (χ4n) is 6.27. The molecule has 41 heavy (non-hydrogen) atoms. The van der Waals surface area contributed by atoms with Gasteiger partial charge < -0.3 is 24.0 Å². The highest BCUT2D eigenvalue weighted by molar-refractivity contribution is 7.22. The van der Waals surface area contributed by atoms with E-state index in [2.05, 4.69) is 10.1 Å². The molecule has 11 heteroatoms. The van der Waals surface area contributed by atoms with Gasteiger partial charge in [0.05, 0.1) is 39.7 Å². The molecule has 0 unspecified atom stereocenters. The zero-order valence-electron chi connectivity index (χ0n) is 22.0. The van der Waals surface area contributed by atoms with Crippen LogP contribution in [0.25, 0.3) is 21.5 Å². The van der Waals surface area contributed by atoms with Crippen LogP contribution < -0.4 is 9.64 Å². The first kappa shape index (κ1) is 25.5. The Bertz CT molecular complexity index is 1660. The standard InChI is InChI=1S/C30H27ClFN3O5S/c31-20-2-1-3-21(32)25(20)26-19(28(40-34-26)14-4-5-14)13-38-22-11-17-8-16(22)12-35(17)30-33-27-23(39-18-6-7-18)9-15(29(36)37)10-24(27)41-30/h1-3,9-10,14,16-18,22H,4-8,11-13H2,(H,36,37)/t16-,17-,22+/m0/s1. The Balaban J connectivity index is 1.01. The van der Waals surface area contributed by atoms with E-state index in [0.29, 0.717) is 34.9 Å². The molecule has 0 spiro atoms. The van der Waals surface area contributed by atoms with Crippen LogP contribution in [0.15, 0.2) is 34.9 Å². The number of hydrogen-bond acceptors (Lipinski definition) is 8. The molecular formula is C30H27ClFN3O5S. The van der Waals surface area contributed by atoms with E-state index in [1.165, 1.54) is 17.4 Å². The summed E-state index contributed by atoms with van der Waals surface area (Å²) in [6.07, 6.45) is 6.08. The van der Waals surface area contributed by atoms with Crippen molar-refractivity contribution in [2.75, 3.05) is 11.4 Å². The second kappa shape index (κ2) is 9.68. The average molecular weight is 596 g/mol. The Kier molecular flexibility index (Phi) is 6.02. The number of thiazole rings is 1. The van der Waals surface area contributed by atoms with Crippen molar-refractivity contribution in [3.63, 3.8) is 0 Å². The first-order valence-corrected chi connectivity index (χ1v) is 15.3. The highest BCUT2D eigenvalue weighted by Gasteiger charge is 2.47. The minimum Gasteiger partial charge on any atom is -0.488 e. The molecule has 1 aliphatic heterocycles. The largest absolute Gasteiger partial charge is 0.488 e. The number of ether oxygens (including phenoxy) is 2. The Morgan fingerprint density at radius 3 is 2.78 bits per heavy atom. The van der Waals surface area contributed by atoms with Gasteiger partial charge in [0, 0.05) is 30.0 Å². The van der Waals surface area contributed by atoms with E-state index in [-0.39, 0.29) is 29.4 Å². The van der Waals surface area contributed by atoms with Crippen LogP contribution in [0.1, 0.15) is 66.1 Å². The number of aromatic carboxylic acids is 1. The molecule has 0 radical (unpaired) electrons. The monoisotopic (exact) mass is 595 g/mol. The summed E-state index contributed by atoms with van der Waals surface area (Å²) in [6, 6.07) is 8.19. The van der Waals surface area contributed by atoms with Gasteiger partial charge in [-0.3, -0.25) is 0 Å². The molecule has 8 rings (SSSR count).